The van der Waals surface area contributed by atoms with Crippen LogP contribution in [0.25, 0.3) is 0 Å². The number of Topliss-reactive ketones (excluding diaryl/α,β-unsaturated/α-hetero) is 1. The van der Waals surface area contributed by atoms with Gasteiger partial charge in [0.25, 0.3) is 0 Å². The zero-order chi connectivity index (χ0) is 20.1. The Kier molecular flexibility index (Phi) is 4.45. The predicted octanol–water partition coefficient (Wildman–Crippen LogP) is 4.86. The molecule has 0 fully saturated rings. The van der Waals surface area contributed by atoms with Gasteiger partial charge < -0.3 is 0 Å². The van der Waals surface area contributed by atoms with E-state index in [0.717, 1.165) is 40.1 Å². The fourth-order valence-corrected chi connectivity index (χ4v) is 4.71. The standard InChI is InChI=1S/C24H26N2O2/c1-15-6-5-7-16(2)23(15)26-19-13-24(3,4)14-20(27)22(19)18(12-21(26)28)17-8-10-25-11-9-17/h5-11,18H,12-14H2,1-4H3. The summed E-state index contributed by atoms with van der Waals surface area (Å²) in [5.74, 6) is 0.0370. The number of aromatic nitrogens is 1. The highest BCUT2D eigenvalue weighted by atomic mass is 16.2. The van der Waals surface area contributed by atoms with Gasteiger partial charge in [0.05, 0.1) is 5.69 Å². The molecule has 1 aliphatic heterocycles. The lowest BCUT2D eigenvalue weighted by Crippen LogP contribution is -2.44. The number of hydrogen-bond acceptors (Lipinski definition) is 3. The van der Waals surface area contributed by atoms with E-state index in [-0.39, 0.29) is 23.0 Å². The fraction of sp³-hybridized carbons (Fsp3) is 0.375. The first-order valence-electron chi connectivity index (χ1n) is 9.84. The average molecular weight is 374 g/mol. The molecule has 2 aliphatic rings. The molecule has 1 aromatic carbocycles. The van der Waals surface area contributed by atoms with Gasteiger partial charge in [-0.05, 0) is 54.5 Å². The Morgan fingerprint density at radius 2 is 1.64 bits per heavy atom. The van der Waals surface area contributed by atoms with Crippen LogP contribution in [0.3, 0.4) is 0 Å². The predicted molar refractivity (Wildman–Crippen MR) is 110 cm³/mol. The molecule has 1 atom stereocenters. The van der Waals surface area contributed by atoms with Crippen LogP contribution in [0.4, 0.5) is 5.69 Å². The summed E-state index contributed by atoms with van der Waals surface area (Å²) in [6.45, 7) is 8.28. The maximum atomic E-state index is 13.4. The molecule has 0 bridgehead atoms. The largest absolute Gasteiger partial charge is 0.294 e. The monoisotopic (exact) mass is 374 g/mol. The molecule has 4 nitrogen and oxygen atoms in total. The number of carbonyl (C=O) groups excluding carboxylic acids is 2. The maximum absolute atomic E-state index is 13.4. The summed E-state index contributed by atoms with van der Waals surface area (Å²) in [6.07, 6.45) is 5.00. The molecule has 144 valence electrons. The van der Waals surface area contributed by atoms with Crippen molar-refractivity contribution in [2.45, 2.75) is 52.9 Å². The molecule has 4 heteroatoms. The average Bonchev–Trinajstić information content (AvgIpc) is 2.62. The van der Waals surface area contributed by atoms with Gasteiger partial charge in [0.1, 0.15) is 0 Å². The number of para-hydroxylation sites is 1. The summed E-state index contributed by atoms with van der Waals surface area (Å²) < 4.78 is 0. The van der Waals surface area contributed by atoms with Crippen LogP contribution in [0.15, 0.2) is 54.0 Å². The normalized spacial score (nSPS) is 21.7. The Bertz CT molecular complexity index is 969. The SMILES string of the molecule is Cc1cccc(C)c1N1C(=O)CC(c2ccncc2)C2=C1CC(C)(C)CC2=O. The second-order valence-electron chi connectivity index (χ2n) is 8.81. The van der Waals surface area contributed by atoms with E-state index < -0.39 is 0 Å². The number of hydrogen-bond donors (Lipinski definition) is 0. The Morgan fingerprint density at radius 3 is 2.29 bits per heavy atom. The van der Waals surface area contributed by atoms with Crippen molar-refractivity contribution in [3.63, 3.8) is 0 Å². The van der Waals surface area contributed by atoms with Gasteiger partial charge in [0.2, 0.25) is 5.91 Å². The number of allylic oxidation sites excluding steroid dienone is 2. The number of aryl methyl sites for hydroxylation is 2. The van der Waals surface area contributed by atoms with Gasteiger partial charge in [-0.15, -0.1) is 0 Å². The first kappa shape index (κ1) is 18.6. The molecule has 0 N–H and O–H groups in total. The summed E-state index contributed by atoms with van der Waals surface area (Å²) in [5, 5.41) is 0. The molecule has 4 rings (SSSR count). The lowest BCUT2D eigenvalue weighted by molar-refractivity contribution is -0.121. The molecule has 28 heavy (non-hydrogen) atoms. The van der Waals surface area contributed by atoms with Crippen molar-refractivity contribution in [3.05, 3.63) is 70.7 Å². The zero-order valence-electron chi connectivity index (χ0n) is 17.0. The lowest BCUT2D eigenvalue weighted by atomic mass is 9.69. The van der Waals surface area contributed by atoms with Gasteiger partial charge in [-0.1, -0.05) is 32.0 Å². The minimum Gasteiger partial charge on any atom is -0.294 e. The minimum absolute atomic E-state index is 0.0588. The molecule has 0 saturated carbocycles. The molecule has 0 saturated heterocycles. The number of benzene rings is 1. The van der Waals surface area contributed by atoms with E-state index in [1.165, 1.54) is 0 Å². The molecular weight excluding hydrogens is 348 g/mol. The number of carbonyl (C=O) groups is 2. The molecule has 0 spiro atoms. The molecule has 1 unspecified atom stereocenters. The van der Waals surface area contributed by atoms with Crippen LogP contribution in [0, 0.1) is 19.3 Å². The summed E-state index contributed by atoms with van der Waals surface area (Å²) in [4.78, 5) is 32.6. The van der Waals surface area contributed by atoms with E-state index >= 15 is 0 Å². The van der Waals surface area contributed by atoms with Crippen LogP contribution < -0.4 is 4.90 Å². The van der Waals surface area contributed by atoms with Gasteiger partial charge >= 0.3 is 0 Å². The second-order valence-corrected chi connectivity index (χ2v) is 8.81. The van der Waals surface area contributed by atoms with E-state index in [9.17, 15) is 9.59 Å². The van der Waals surface area contributed by atoms with Crippen molar-refractivity contribution >= 4 is 17.4 Å². The molecule has 1 aliphatic carbocycles. The molecular formula is C24H26N2O2. The lowest BCUT2D eigenvalue weighted by Gasteiger charge is -2.43. The van der Waals surface area contributed by atoms with Crippen LogP contribution in [-0.2, 0) is 9.59 Å². The molecule has 2 aromatic rings. The Hall–Kier alpha value is -2.75. The number of rotatable bonds is 2. The third kappa shape index (κ3) is 3.07. The van der Waals surface area contributed by atoms with Crippen molar-refractivity contribution < 1.29 is 9.59 Å². The van der Waals surface area contributed by atoms with E-state index in [4.69, 9.17) is 0 Å². The topological polar surface area (TPSA) is 50.3 Å². The second kappa shape index (κ2) is 6.69. The summed E-state index contributed by atoms with van der Waals surface area (Å²) >= 11 is 0. The van der Waals surface area contributed by atoms with Crippen LogP contribution in [0.2, 0.25) is 0 Å². The van der Waals surface area contributed by atoms with Gasteiger partial charge in [0, 0.05) is 42.4 Å². The van der Waals surface area contributed by atoms with Gasteiger partial charge in [-0.25, -0.2) is 0 Å². The van der Waals surface area contributed by atoms with Gasteiger partial charge in [-0.2, -0.15) is 0 Å². The molecule has 1 amide bonds. The van der Waals surface area contributed by atoms with E-state index in [0.29, 0.717) is 12.8 Å². The quantitative estimate of drug-likeness (QED) is 0.754. The van der Waals surface area contributed by atoms with E-state index in [2.05, 4.69) is 18.8 Å². The first-order valence-corrected chi connectivity index (χ1v) is 9.84. The van der Waals surface area contributed by atoms with Crippen molar-refractivity contribution in [1.29, 1.82) is 0 Å². The van der Waals surface area contributed by atoms with Crippen molar-refractivity contribution in [2.24, 2.45) is 5.41 Å². The zero-order valence-corrected chi connectivity index (χ0v) is 17.0. The smallest absolute Gasteiger partial charge is 0.232 e. The van der Waals surface area contributed by atoms with E-state index in [1.807, 2.05) is 49.1 Å². The van der Waals surface area contributed by atoms with Crippen molar-refractivity contribution in [2.75, 3.05) is 4.90 Å². The minimum atomic E-state index is -0.185. The summed E-state index contributed by atoms with van der Waals surface area (Å²) in [6, 6.07) is 9.91. The third-order valence-electron chi connectivity index (χ3n) is 5.91. The Labute approximate surface area is 166 Å². The van der Waals surface area contributed by atoms with Crippen LogP contribution >= 0.6 is 0 Å². The van der Waals surface area contributed by atoms with Crippen LogP contribution in [0.5, 0.6) is 0 Å². The van der Waals surface area contributed by atoms with Gasteiger partial charge in [0.15, 0.2) is 5.78 Å². The highest BCUT2D eigenvalue weighted by Gasteiger charge is 2.44. The maximum Gasteiger partial charge on any atom is 0.232 e. The molecule has 2 heterocycles. The molecule has 0 radical (unpaired) electrons. The summed E-state index contributed by atoms with van der Waals surface area (Å²) in [5.41, 5.74) is 5.57. The number of anilines is 1. The van der Waals surface area contributed by atoms with Crippen LogP contribution in [0.1, 0.15) is 55.7 Å². The van der Waals surface area contributed by atoms with E-state index in [1.54, 1.807) is 12.4 Å². The number of ketones is 1. The highest BCUT2D eigenvalue weighted by molar-refractivity contribution is 6.08. The highest BCUT2D eigenvalue weighted by Crippen LogP contribution is 2.48. The van der Waals surface area contributed by atoms with Crippen molar-refractivity contribution in [3.8, 4) is 0 Å². The number of amides is 1. The number of nitrogens with zero attached hydrogens (tertiary/aromatic N) is 2. The Balaban J connectivity index is 1.95. The van der Waals surface area contributed by atoms with Crippen molar-refractivity contribution in [1.82, 2.24) is 4.98 Å². The number of pyridine rings is 1. The van der Waals surface area contributed by atoms with Crippen LogP contribution in [-0.4, -0.2) is 16.7 Å². The fourth-order valence-electron chi connectivity index (χ4n) is 4.71. The Morgan fingerprint density at radius 1 is 1.00 bits per heavy atom. The summed E-state index contributed by atoms with van der Waals surface area (Å²) in [7, 11) is 0. The first-order chi connectivity index (χ1) is 13.3. The van der Waals surface area contributed by atoms with Gasteiger partial charge in [-0.3, -0.25) is 19.5 Å². The third-order valence-corrected chi connectivity index (χ3v) is 5.91. The molecule has 1 aromatic heterocycles.